The maximum Gasteiger partial charge on any atom is 0.146 e. The molecule has 1 saturated carbocycles. The van der Waals surface area contributed by atoms with E-state index in [2.05, 4.69) is 77.0 Å². The van der Waals surface area contributed by atoms with Crippen LogP contribution in [0.2, 0.25) is 16.6 Å². The van der Waals surface area contributed by atoms with Crippen LogP contribution in [0.3, 0.4) is 0 Å². The van der Waals surface area contributed by atoms with Gasteiger partial charge in [0.15, 0.2) is 0 Å². The van der Waals surface area contributed by atoms with Gasteiger partial charge >= 0.3 is 0 Å². The Labute approximate surface area is 243 Å². The molecule has 0 N–H and O–H groups in total. The predicted molar refractivity (Wildman–Crippen MR) is 173 cm³/mol. The van der Waals surface area contributed by atoms with Crippen molar-refractivity contribution in [3.63, 3.8) is 0 Å². The van der Waals surface area contributed by atoms with Gasteiger partial charge in [-0.15, -0.1) is 17.3 Å². The van der Waals surface area contributed by atoms with Gasteiger partial charge < -0.3 is 9.47 Å². The second-order valence-electron chi connectivity index (χ2n) is 11.4. The first-order valence-corrected chi connectivity index (χ1v) is 17.6. The molecule has 1 aliphatic carbocycles. The summed E-state index contributed by atoms with van der Waals surface area (Å²) in [6.45, 7) is 14.2. The molecule has 2 aromatic rings. The highest BCUT2D eigenvalue weighted by Crippen LogP contribution is 2.42. The van der Waals surface area contributed by atoms with Gasteiger partial charge in [0.05, 0.1) is 19.8 Å². The molecule has 3 rings (SSSR count). The Morgan fingerprint density at radius 2 is 1.26 bits per heavy atom. The number of hydrogen-bond donors (Lipinski definition) is 0. The maximum atomic E-state index is 5.47. The third-order valence-corrected chi connectivity index (χ3v) is 15.9. The molecule has 0 radical (unpaired) electrons. The van der Waals surface area contributed by atoms with E-state index in [1.54, 1.807) is 14.2 Å². The number of methoxy groups -OCH3 is 2. The van der Waals surface area contributed by atoms with Crippen molar-refractivity contribution in [2.75, 3.05) is 14.2 Å². The van der Waals surface area contributed by atoms with Crippen LogP contribution in [0.25, 0.3) is 4.91 Å². The molecule has 0 aliphatic heterocycles. The molecule has 0 aromatic heterocycles. The van der Waals surface area contributed by atoms with Crippen molar-refractivity contribution in [1.82, 2.24) is 0 Å². The standard InChI is InChI=1S/C35H46O2SSi/c1-26(2)39(27(3)4,28(5)6)25-24-31(17-14-29-15-20-32(36-7)21-16-29)35(38-34-12-10-9-11-13-34)30-18-22-33(37-8)23-19-30/h15-16,18-23,26-28,34H,9-13H2,1-8H3/b35-31-. The number of hydrogen-bond acceptors (Lipinski definition) is 3. The molecule has 0 saturated heterocycles. The van der Waals surface area contributed by atoms with Crippen LogP contribution >= 0.6 is 11.8 Å². The van der Waals surface area contributed by atoms with Crippen molar-refractivity contribution in [2.24, 2.45) is 0 Å². The van der Waals surface area contributed by atoms with Crippen molar-refractivity contribution in [2.45, 2.75) is 95.5 Å². The lowest BCUT2D eigenvalue weighted by Gasteiger charge is -2.38. The number of allylic oxidation sites excluding steroid dienone is 1. The Morgan fingerprint density at radius 1 is 0.744 bits per heavy atom. The number of rotatable bonds is 8. The zero-order chi connectivity index (χ0) is 28.4. The third kappa shape index (κ3) is 8.00. The van der Waals surface area contributed by atoms with Gasteiger partial charge in [-0.25, -0.2) is 0 Å². The summed E-state index contributed by atoms with van der Waals surface area (Å²) < 4.78 is 10.8. The van der Waals surface area contributed by atoms with E-state index in [4.69, 9.17) is 9.47 Å². The molecule has 0 bridgehead atoms. The van der Waals surface area contributed by atoms with E-state index in [9.17, 15) is 0 Å². The largest absolute Gasteiger partial charge is 0.497 e. The first kappa shape index (κ1) is 31.0. The average Bonchev–Trinajstić information content (AvgIpc) is 2.94. The summed E-state index contributed by atoms with van der Waals surface area (Å²) in [5, 5.41) is 0.595. The Hall–Kier alpha value is -2.53. The third-order valence-electron chi connectivity index (χ3n) is 8.11. The second-order valence-corrected chi connectivity index (χ2v) is 18.3. The minimum Gasteiger partial charge on any atom is -0.497 e. The maximum absolute atomic E-state index is 5.47. The van der Waals surface area contributed by atoms with Gasteiger partial charge in [0.25, 0.3) is 0 Å². The molecule has 1 aliphatic rings. The summed E-state index contributed by atoms with van der Waals surface area (Å²) in [7, 11) is 1.47. The molecule has 2 nitrogen and oxygen atoms in total. The number of benzene rings is 2. The van der Waals surface area contributed by atoms with Crippen molar-refractivity contribution < 1.29 is 9.47 Å². The monoisotopic (exact) mass is 558 g/mol. The summed E-state index contributed by atoms with van der Waals surface area (Å²) >= 11 is 1.99. The highest BCUT2D eigenvalue weighted by atomic mass is 32.2. The van der Waals surface area contributed by atoms with Crippen molar-refractivity contribution >= 4 is 24.7 Å². The van der Waals surface area contributed by atoms with Crippen molar-refractivity contribution in [3.8, 4) is 34.8 Å². The van der Waals surface area contributed by atoms with Crippen molar-refractivity contribution in [3.05, 3.63) is 65.2 Å². The van der Waals surface area contributed by atoms with Crippen LogP contribution in [0.5, 0.6) is 11.5 Å². The first-order valence-electron chi connectivity index (χ1n) is 14.5. The summed E-state index contributed by atoms with van der Waals surface area (Å²) in [6, 6.07) is 16.4. The fourth-order valence-corrected chi connectivity index (χ4v) is 12.5. The molecule has 208 valence electrons. The van der Waals surface area contributed by atoms with Gasteiger partial charge in [0.1, 0.15) is 19.6 Å². The molecule has 0 heterocycles. The highest BCUT2D eigenvalue weighted by Gasteiger charge is 2.41. The molecule has 0 amide bonds. The quantitative estimate of drug-likeness (QED) is 0.237. The van der Waals surface area contributed by atoms with Gasteiger partial charge in [-0.2, -0.15) is 0 Å². The van der Waals surface area contributed by atoms with Crippen LogP contribution in [-0.2, 0) is 0 Å². The summed E-state index contributed by atoms with van der Waals surface area (Å²) in [4.78, 5) is 1.21. The molecule has 0 spiro atoms. The Bertz CT molecular complexity index is 1190. The van der Waals surface area contributed by atoms with Crippen LogP contribution < -0.4 is 9.47 Å². The fraction of sp³-hybridized carbons (Fsp3) is 0.486. The van der Waals surface area contributed by atoms with E-state index in [-0.39, 0.29) is 0 Å². The Morgan fingerprint density at radius 3 is 1.74 bits per heavy atom. The van der Waals surface area contributed by atoms with E-state index in [1.165, 1.54) is 42.6 Å². The van der Waals surface area contributed by atoms with E-state index in [0.717, 1.165) is 22.6 Å². The molecule has 39 heavy (non-hydrogen) atoms. The van der Waals surface area contributed by atoms with Crippen LogP contribution in [0.4, 0.5) is 0 Å². The van der Waals surface area contributed by atoms with Gasteiger partial charge in [-0.05, 0) is 71.4 Å². The van der Waals surface area contributed by atoms with Crippen LogP contribution in [0, 0.1) is 23.3 Å². The van der Waals surface area contributed by atoms with Crippen molar-refractivity contribution in [1.29, 1.82) is 0 Å². The van der Waals surface area contributed by atoms with E-state index < -0.39 is 8.07 Å². The zero-order valence-corrected chi connectivity index (χ0v) is 27.0. The van der Waals surface area contributed by atoms with Gasteiger partial charge in [-0.1, -0.05) is 90.7 Å². The molecule has 0 atom stereocenters. The van der Waals surface area contributed by atoms with E-state index in [0.29, 0.717) is 21.9 Å². The van der Waals surface area contributed by atoms with Gasteiger partial charge in [0, 0.05) is 15.7 Å². The van der Waals surface area contributed by atoms with Crippen LogP contribution in [0.1, 0.15) is 84.8 Å². The lowest BCUT2D eigenvalue weighted by molar-refractivity contribution is 0.414. The zero-order valence-electron chi connectivity index (χ0n) is 25.2. The lowest BCUT2D eigenvalue weighted by Crippen LogP contribution is -2.43. The van der Waals surface area contributed by atoms with E-state index in [1.807, 2.05) is 48.2 Å². The smallest absolute Gasteiger partial charge is 0.146 e. The summed E-state index contributed by atoms with van der Waals surface area (Å²) in [5.74, 6) is 12.5. The van der Waals surface area contributed by atoms with Crippen LogP contribution in [0.15, 0.2) is 54.1 Å². The SMILES string of the molecule is COc1ccc(C#C/C(C#C[Si](C(C)C)(C(C)C)C(C)C)=C(/SC2CCCCC2)c2ccc(OC)cc2)cc1. The molecular weight excluding hydrogens is 513 g/mol. The first-order chi connectivity index (χ1) is 18.7. The minimum atomic E-state index is -1.93. The fourth-order valence-electron chi connectivity index (χ4n) is 5.92. The summed E-state index contributed by atoms with van der Waals surface area (Å²) in [5.41, 5.74) is 8.75. The molecule has 2 aromatic carbocycles. The van der Waals surface area contributed by atoms with E-state index >= 15 is 0 Å². The molecular formula is C35H46O2SSi. The second kappa shape index (κ2) is 14.7. The lowest BCUT2D eigenvalue weighted by atomic mass is 10.0. The highest BCUT2D eigenvalue weighted by molar-refractivity contribution is 8.08. The topological polar surface area (TPSA) is 18.5 Å². The molecule has 0 unspecified atom stereocenters. The minimum absolute atomic E-state index is 0.566. The number of thioether (sulfide) groups is 1. The summed E-state index contributed by atoms with van der Waals surface area (Å²) in [6.07, 6.45) is 6.44. The Kier molecular flexibility index (Phi) is 11.7. The normalized spacial score (nSPS) is 14.8. The van der Waals surface area contributed by atoms with Gasteiger partial charge in [0.2, 0.25) is 0 Å². The Balaban J connectivity index is 2.24. The average molecular weight is 559 g/mol. The predicted octanol–water partition coefficient (Wildman–Crippen LogP) is 9.75. The molecule has 4 heteroatoms. The number of ether oxygens (including phenoxy) is 2. The molecule has 1 fully saturated rings. The van der Waals surface area contributed by atoms with Crippen LogP contribution in [-0.4, -0.2) is 27.5 Å². The van der Waals surface area contributed by atoms with Gasteiger partial charge in [-0.3, -0.25) is 0 Å².